The van der Waals surface area contributed by atoms with Crippen LogP contribution in [0.2, 0.25) is 0 Å². The highest BCUT2D eigenvalue weighted by Crippen LogP contribution is 2.32. The summed E-state index contributed by atoms with van der Waals surface area (Å²) >= 11 is 0. The lowest BCUT2D eigenvalue weighted by Crippen LogP contribution is -2.35. The van der Waals surface area contributed by atoms with E-state index in [1.807, 2.05) is 12.1 Å². The minimum absolute atomic E-state index is 0.0435. The molecule has 1 unspecified atom stereocenters. The second-order valence-corrected chi connectivity index (χ2v) is 5.47. The summed E-state index contributed by atoms with van der Waals surface area (Å²) in [6.45, 7) is 1.36. The van der Waals surface area contributed by atoms with Gasteiger partial charge >= 0.3 is 0 Å². The largest absolute Gasteiger partial charge is 0.358 e. The number of carbonyl (C=O) groups is 1. The number of carbonyl (C=O) groups excluding carboxylic acids is 1. The smallest absolute Gasteiger partial charge is 0.233 e. The minimum atomic E-state index is 0.0435. The van der Waals surface area contributed by atoms with Gasteiger partial charge in [-0.1, -0.05) is 0 Å². The molecule has 0 bridgehead atoms. The lowest BCUT2D eigenvalue weighted by Gasteiger charge is -2.24. The molecule has 2 aromatic rings. The van der Waals surface area contributed by atoms with Crippen LogP contribution in [0.4, 0.5) is 11.8 Å². The molecule has 7 heteroatoms. The number of rotatable bonds is 5. The van der Waals surface area contributed by atoms with Gasteiger partial charge in [0.25, 0.3) is 0 Å². The molecule has 3 rings (SSSR count). The number of likely N-dealkylation sites (N-methyl/N-ethyl adjacent to an activating group) is 1. The van der Waals surface area contributed by atoms with E-state index in [1.54, 1.807) is 31.7 Å². The van der Waals surface area contributed by atoms with Crippen molar-refractivity contribution in [3.8, 4) is 0 Å². The van der Waals surface area contributed by atoms with Crippen LogP contribution in [-0.4, -0.2) is 45.9 Å². The molecule has 1 amide bonds. The zero-order valence-corrected chi connectivity index (χ0v) is 13.1. The molecule has 1 aliphatic heterocycles. The molecular weight excluding hydrogens is 292 g/mol. The number of anilines is 2. The van der Waals surface area contributed by atoms with Gasteiger partial charge < -0.3 is 10.6 Å². The summed E-state index contributed by atoms with van der Waals surface area (Å²) in [5.74, 6) is 1.27. The molecule has 0 aromatic carbocycles. The molecule has 0 saturated carbocycles. The highest BCUT2D eigenvalue weighted by atomic mass is 16.1. The van der Waals surface area contributed by atoms with Crippen LogP contribution in [0.1, 0.15) is 24.4 Å². The maximum Gasteiger partial charge on any atom is 0.233 e. The summed E-state index contributed by atoms with van der Waals surface area (Å²) in [7, 11) is 1.67. The van der Waals surface area contributed by atoms with Crippen molar-refractivity contribution in [3.63, 3.8) is 0 Å². The van der Waals surface area contributed by atoms with Gasteiger partial charge in [-0.15, -0.1) is 0 Å². The van der Waals surface area contributed by atoms with E-state index in [9.17, 15) is 4.79 Å². The van der Waals surface area contributed by atoms with Crippen molar-refractivity contribution in [2.24, 2.45) is 0 Å². The van der Waals surface area contributed by atoms with E-state index in [0.717, 1.165) is 24.9 Å². The van der Waals surface area contributed by atoms with Gasteiger partial charge in [-0.3, -0.25) is 9.69 Å². The SMILES string of the molecule is CNC(=O)CN1CCCC1c1ccnc(Nc2ncccn2)c1. The van der Waals surface area contributed by atoms with Gasteiger partial charge in [0.05, 0.1) is 6.54 Å². The Morgan fingerprint density at radius 3 is 2.91 bits per heavy atom. The Bertz CT molecular complexity index is 663. The van der Waals surface area contributed by atoms with Gasteiger partial charge in [-0.05, 0) is 43.1 Å². The third-order valence-corrected chi connectivity index (χ3v) is 3.96. The predicted molar refractivity (Wildman–Crippen MR) is 87.2 cm³/mol. The molecule has 120 valence electrons. The number of nitrogens with one attached hydrogen (secondary N) is 2. The van der Waals surface area contributed by atoms with Crippen molar-refractivity contribution < 1.29 is 4.79 Å². The molecule has 7 nitrogen and oxygen atoms in total. The van der Waals surface area contributed by atoms with Crippen molar-refractivity contribution in [1.82, 2.24) is 25.2 Å². The Kier molecular flexibility index (Phi) is 4.77. The maximum atomic E-state index is 11.7. The zero-order valence-electron chi connectivity index (χ0n) is 13.1. The number of amides is 1. The van der Waals surface area contributed by atoms with Crippen molar-refractivity contribution in [1.29, 1.82) is 0 Å². The summed E-state index contributed by atoms with van der Waals surface area (Å²) in [6, 6.07) is 6.02. The van der Waals surface area contributed by atoms with Gasteiger partial charge in [0.15, 0.2) is 0 Å². The van der Waals surface area contributed by atoms with E-state index in [4.69, 9.17) is 0 Å². The molecule has 2 aromatic heterocycles. The first kappa shape index (κ1) is 15.4. The second-order valence-electron chi connectivity index (χ2n) is 5.47. The van der Waals surface area contributed by atoms with E-state index in [0.29, 0.717) is 18.3 Å². The summed E-state index contributed by atoms with van der Waals surface area (Å²) in [4.78, 5) is 26.5. The van der Waals surface area contributed by atoms with Gasteiger partial charge in [0.2, 0.25) is 11.9 Å². The van der Waals surface area contributed by atoms with Crippen LogP contribution < -0.4 is 10.6 Å². The molecule has 0 radical (unpaired) electrons. The Labute approximate surface area is 135 Å². The highest BCUT2D eigenvalue weighted by molar-refractivity contribution is 5.77. The van der Waals surface area contributed by atoms with Crippen molar-refractivity contribution >= 4 is 17.7 Å². The third kappa shape index (κ3) is 3.81. The predicted octanol–water partition coefficient (Wildman–Crippen LogP) is 1.50. The highest BCUT2D eigenvalue weighted by Gasteiger charge is 2.27. The monoisotopic (exact) mass is 312 g/mol. The fraction of sp³-hybridized carbons (Fsp3) is 0.375. The second kappa shape index (κ2) is 7.15. The van der Waals surface area contributed by atoms with E-state index in [2.05, 4.69) is 30.5 Å². The molecule has 1 aliphatic rings. The summed E-state index contributed by atoms with van der Waals surface area (Å²) in [5, 5.41) is 5.79. The minimum Gasteiger partial charge on any atom is -0.358 e. The normalized spacial score (nSPS) is 17.9. The first-order chi connectivity index (χ1) is 11.3. The van der Waals surface area contributed by atoms with Gasteiger partial charge in [-0.25, -0.2) is 15.0 Å². The van der Waals surface area contributed by atoms with Crippen molar-refractivity contribution in [2.75, 3.05) is 25.5 Å². The van der Waals surface area contributed by atoms with Crippen molar-refractivity contribution in [2.45, 2.75) is 18.9 Å². The Hall–Kier alpha value is -2.54. The standard InChI is InChI=1S/C16H20N6O/c1-17-15(23)11-22-9-2-4-13(22)12-5-8-18-14(10-12)21-16-19-6-3-7-20-16/h3,5-8,10,13H,2,4,9,11H2,1H3,(H,17,23)(H,18,19,20,21). The molecule has 3 heterocycles. The van der Waals surface area contributed by atoms with E-state index in [1.165, 1.54) is 0 Å². The average molecular weight is 312 g/mol. The fourth-order valence-corrected chi connectivity index (χ4v) is 2.86. The molecule has 1 fully saturated rings. The third-order valence-electron chi connectivity index (χ3n) is 3.96. The number of hydrogen-bond acceptors (Lipinski definition) is 6. The first-order valence-corrected chi connectivity index (χ1v) is 7.71. The quantitative estimate of drug-likeness (QED) is 0.870. The van der Waals surface area contributed by atoms with Gasteiger partial charge in [0.1, 0.15) is 5.82 Å². The number of likely N-dealkylation sites (tertiary alicyclic amines) is 1. The molecule has 1 saturated heterocycles. The Balaban J connectivity index is 1.75. The zero-order chi connectivity index (χ0) is 16.1. The summed E-state index contributed by atoms with van der Waals surface area (Å²) < 4.78 is 0. The Morgan fingerprint density at radius 1 is 1.30 bits per heavy atom. The van der Waals surface area contributed by atoms with Gasteiger partial charge in [0, 0.05) is 31.7 Å². The van der Waals surface area contributed by atoms with Crippen LogP contribution >= 0.6 is 0 Å². The van der Waals surface area contributed by atoms with E-state index < -0.39 is 0 Å². The summed E-state index contributed by atoms with van der Waals surface area (Å²) in [6.07, 6.45) is 7.27. The molecule has 1 atom stereocenters. The first-order valence-electron chi connectivity index (χ1n) is 7.71. The number of aromatic nitrogens is 3. The van der Waals surface area contributed by atoms with Crippen LogP contribution in [0.25, 0.3) is 0 Å². The number of nitrogens with zero attached hydrogens (tertiary/aromatic N) is 4. The van der Waals surface area contributed by atoms with Crippen LogP contribution in [0.3, 0.4) is 0 Å². The Morgan fingerprint density at radius 2 is 2.13 bits per heavy atom. The lowest BCUT2D eigenvalue weighted by molar-refractivity contribution is -0.122. The van der Waals surface area contributed by atoms with Crippen LogP contribution in [0.5, 0.6) is 0 Å². The van der Waals surface area contributed by atoms with Gasteiger partial charge in [-0.2, -0.15) is 0 Å². The van der Waals surface area contributed by atoms with Crippen LogP contribution in [-0.2, 0) is 4.79 Å². The summed E-state index contributed by atoms with van der Waals surface area (Å²) in [5.41, 5.74) is 1.15. The molecule has 23 heavy (non-hydrogen) atoms. The van der Waals surface area contributed by atoms with E-state index in [-0.39, 0.29) is 11.9 Å². The average Bonchev–Trinajstić information content (AvgIpc) is 3.04. The number of pyridine rings is 1. The topological polar surface area (TPSA) is 83.0 Å². The van der Waals surface area contributed by atoms with Crippen LogP contribution in [0, 0.1) is 0 Å². The number of hydrogen-bond donors (Lipinski definition) is 2. The maximum absolute atomic E-state index is 11.7. The van der Waals surface area contributed by atoms with Crippen molar-refractivity contribution in [3.05, 3.63) is 42.4 Å². The lowest BCUT2D eigenvalue weighted by atomic mass is 10.1. The molecular formula is C16H20N6O. The molecule has 0 aliphatic carbocycles. The van der Waals surface area contributed by atoms with E-state index >= 15 is 0 Å². The molecule has 0 spiro atoms. The fourth-order valence-electron chi connectivity index (χ4n) is 2.86. The molecule has 2 N–H and O–H groups in total. The van der Waals surface area contributed by atoms with Crippen LogP contribution in [0.15, 0.2) is 36.8 Å².